The van der Waals surface area contributed by atoms with E-state index in [4.69, 9.17) is 4.52 Å². The highest BCUT2D eigenvalue weighted by Crippen LogP contribution is 2.22. The summed E-state index contributed by atoms with van der Waals surface area (Å²) in [5.41, 5.74) is 0.792. The van der Waals surface area contributed by atoms with Crippen LogP contribution in [-0.4, -0.2) is 52.0 Å². The third-order valence-corrected chi connectivity index (χ3v) is 5.15. The standard InChI is InChI=1S/C17H24N4O2S/c1-12(2)15-18-16(23-19-15)13(3)20-6-4-7-21(9-8-20)17(22)14-5-10-24-11-14/h5,10-13H,4,6-9H2,1-3H3. The zero-order valence-electron chi connectivity index (χ0n) is 14.4. The van der Waals surface area contributed by atoms with Gasteiger partial charge in [0.2, 0.25) is 5.89 Å². The number of aromatic nitrogens is 2. The molecule has 1 fully saturated rings. The molecule has 7 heteroatoms. The number of amides is 1. The molecule has 6 nitrogen and oxygen atoms in total. The van der Waals surface area contributed by atoms with E-state index in [9.17, 15) is 4.79 Å². The number of nitrogens with zero attached hydrogens (tertiary/aromatic N) is 4. The molecule has 1 amide bonds. The Morgan fingerprint density at radius 2 is 2.08 bits per heavy atom. The normalized spacial score (nSPS) is 17.9. The first-order valence-corrected chi connectivity index (χ1v) is 9.39. The zero-order chi connectivity index (χ0) is 17.1. The predicted octanol–water partition coefficient (Wildman–Crippen LogP) is 3.16. The van der Waals surface area contributed by atoms with Gasteiger partial charge in [-0.15, -0.1) is 0 Å². The first-order valence-electron chi connectivity index (χ1n) is 8.45. The lowest BCUT2D eigenvalue weighted by Crippen LogP contribution is -2.35. The molecule has 3 rings (SSSR count). The Kier molecular flexibility index (Phi) is 5.30. The van der Waals surface area contributed by atoms with E-state index in [0.717, 1.165) is 44.0 Å². The van der Waals surface area contributed by atoms with Crippen molar-refractivity contribution in [3.8, 4) is 0 Å². The van der Waals surface area contributed by atoms with Gasteiger partial charge in [-0.2, -0.15) is 16.3 Å². The minimum Gasteiger partial charge on any atom is -0.338 e. The molecule has 0 aromatic carbocycles. The van der Waals surface area contributed by atoms with Crippen molar-refractivity contribution in [3.63, 3.8) is 0 Å². The SMILES string of the molecule is CC(C)c1noc(C(C)N2CCCN(C(=O)c3ccsc3)CC2)n1. The van der Waals surface area contributed by atoms with Crippen LogP contribution in [0.25, 0.3) is 0 Å². The average Bonchev–Trinajstić information content (AvgIpc) is 3.21. The van der Waals surface area contributed by atoms with E-state index in [-0.39, 0.29) is 17.9 Å². The van der Waals surface area contributed by atoms with Crippen molar-refractivity contribution in [3.05, 3.63) is 34.1 Å². The number of hydrogen-bond acceptors (Lipinski definition) is 6. The molecule has 130 valence electrons. The van der Waals surface area contributed by atoms with Crippen LogP contribution >= 0.6 is 11.3 Å². The lowest BCUT2D eigenvalue weighted by Gasteiger charge is -2.25. The average molecular weight is 348 g/mol. The molecular formula is C17H24N4O2S. The third kappa shape index (κ3) is 3.67. The second-order valence-corrected chi connectivity index (χ2v) is 7.30. The third-order valence-electron chi connectivity index (χ3n) is 4.46. The molecule has 24 heavy (non-hydrogen) atoms. The fourth-order valence-corrected chi connectivity index (χ4v) is 3.53. The van der Waals surface area contributed by atoms with E-state index < -0.39 is 0 Å². The molecule has 0 saturated carbocycles. The lowest BCUT2D eigenvalue weighted by molar-refractivity contribution is 0.0757. The number of carbonyl (C=O) groups is 1. The van der Waals surface area contributed by atoms with Crippen LogP contribution in [0.3, 0.4) is 0 Å². The van der Waals surface area contributed by atoms with Gasteiger partial charge < -0.3 is 9.42 Å². The number of thiophene rings is 1. The van der Waals surface area contributed by atoms with Crippen molar-refractivity contribution < 1.29 is 9.32 Å². The Hall–Kier alpha value is -1.73. The second kappa shape index (κ2) is 7.44. The van der Waals surface area contributed by atoms with Crippen LogP contribution in [0.4, 0.5) is 0 Å². The smallest absolute Gasteiger partial charge is 0.254 e. The van der Waals surface area contributed by atoms with Crippen LogP contribution in [0.5, 0.6) is 0 Å². The molecule has 1 aliphatic rings. The molecule has 2 aromatic heterocycles. The van der Waals surface area contributed by atoms with Gasteiger partial charge in [-0.1, -0.05) is 19.0 Å². The van der Waals surface area contributed by atoms with Crippen LogP contribution in [0.2, 0.25) is 0 Å². The van der Waals surface area contributed by atoms with Crippen molar-refractivity contribution in [1.82, 2.24) is 19.9 Å². The number of carbonyl (C=O) groups excluding carboxylic acids is 1. The molecule has 1 aliphatic heterocycles. The van der Waals surface area contributed by atoms with Gasteiger partial charge in [0.05, 0.1) is 11.6 Å². The van der Waals surface area contributed by atoms with E-state index in [1.807, 2.05) is 21.7 Å². The van der Waals surface area contributed by atoms with Crippen LogP contribution in [-0.2, 0) is 0 Å². The lowest BCUT2D eigenvalue weighted by atomic mass is 10.2. The first kappa shape index (κ1) is 17.1. The Morgan fingerprint density at radius 3 is 2.75 bits per heavy atom. The summed E-state index contributed by atoms with van der Waals surface area (Å²) in [5, 5.41) is 7.92. The molecule has 1 atom stereocenters. The molecule has 0 spiro atoms. The van der Waals surface area contributed by atoms with Crippen LogP contribution in [0.1, 0.15) is 61.2 Å². The fraction of sp³-hybridized carbons (Fsp3) is 0.588. The van der Waals surface area contributed by atoms with E-state index in [1.54, 1.807) is 11.3 Å². The van der Waals surface area contributed by atoms with Crippen LogP contribution in [0, 0.1) is 0 Å². The van der Waals surface area contributed by atoms with Gasteiger partial charge in [-0.25, -0.2) is 0 Å². The molecule has 1 saturated heterocycles. The van der Waals surface area contributed by atoms with Crippen molar-refractivity contribution in [2.45, 2.75) is 39.2 Å². The zero-order valence-corrected chi connectivity index (χ0v) is 15.3. The van der Waals surface area contributed by atoms with E-state index in [1.165, 1.54) is 0 Å². The molecule has 0 aliphatic carbocycles. The van der Waals surface area contributed by atoms with E-state index in [0.29, 0.717) is 5.89 Å². The first-order chi connectivity index (χ1) is 11.6. The Balaban J connectivity index is 1.63. The monoisotopic (exact) mass is 348 g/mol. The topological polar surface area (TPSA) is 62.5 Å². The number of hydrogen-bond donors (Lipinski definition) is 0. The van der Waals surface area contributed by atoms with Crippen molar-refractivity contribution in [2.24, 2.45) is 0 Å². The van der Waals surface area contributed by atoms with Crippen LogP contribution < -0.4 is 0 Å². The molecular weight excluding hydrogens is 324 g/mol. The van der Waals surface area contributed by atoms with Gasteiger partial charge in [-0.05, 0) is 24.8 Å². The van der Waals surface area contributed by atoms with E-state index in [2.05, 4.69) is 35.8 Å². The quantitative estimate of drug-likeness (QED) is 0.849. The fourth-order valence-electron chi connectivity index (χ4n) is 2.90. The Labute approximate surface area is 146 Å². The van der Waals surface area contributed by atoms with Gasteiger partial charge >= 0.3 is 0 Å². The van der Waals surface area contributed by atoms with Crippen molar-refractivity contribution >= 4 is 17.2 Å². The molecule has 3 heterocycles. The summed E-state index contributed by atoms with van der Waals surface area (Å²) in [5.74, 6) is 1.81. The van der Waals surface area contributed by atoms with Gasteiger partial charge in [-0.3, -0.25) is 9.69 Å². The summed E-state index contributed by atoms with van der Waals surface area (Å²) in [6, 6.07) is 1.96. The summed E-state index contributed by atoms with van der Waals surface area (Å²) in [6.45, 7) is 9.46. The molecule has 0 N–H and O–H groups in total. The molecule has 0 radical (unpaired) electrons. The molecule has 2 aromatic rings. The second-order valence-electron chi connectivity index (χ2n) is 6.52. The van der Waals surface area contributed by atoms with Crippen molar-refractivity contribution in [1.29, 1.82) is 0 Å². The van der Waals surface area contributed by atoms with E-state index >= 15 is 0 Å². The Morgan fingerprint density at radius 1 is 1.25 bits per heavy atom. The maximum Gasteiger partial charge on any atom is 0.254 e. The Bertz CT molecular complexity index is 668. The summed E-state index contributed by atoms with van der Waals surface area (Å²) in [4.78, 5) is 21.3. The summed E-state index contributed by atoms with van der Waals surface area (Å²) >= 11 is 1.56. The summed E-state index contributed by atoms with van der Waals surface area (Å²) in [7, 11) is 0. The van der Waals surface area contributed by atoms with Crippen molar-refractivity contribution in [2.75, 3.05) is 26.2 Å². The summed E-state index contributed by atoms with van der Waals surface area (Å²) in [6.07, 6.45) is 0.950. The minimum absolute atomic E-state index is 0.0706. The van der Waals surface area contributed by atoms with Gasteiger partial charge in [0.1, 0.15) is 0 Å². The highest BCUT2D eigenvalue weighted by Gasteiger charge is 2.26. The highest BCUT2D eigenvalue weighted by atomic mass is 32.1. The minimum atomic E-state index is 0.0706. The predicted molar refractivity (Wildman–Crippen MR) is 93.2 cm³/mol. The largest absolute Gasteiger partial charge is 0.338 e. The van der Waals surface area contributed by atoms with Crippen LogP contribution in [0.15, 0.2) is 21.3 Å². The molecule has 1 unspecified atom stereocenters. The van der Waals surface area contributed by atoms with Gasteiger partial charge in [0, 0.05) is 37.5 Å². The maximum absolute atomic E-state index is 12.5. The maximum atomic E-state index is 12.5. The summed E-state index contributed by atoms with van der Waals surface area (Å²) < 4.78 is 5.43. The molecule has 0 bridgehead atoms. The highest BCUT2D eigenvalue weighted by molar-refractivity contribution is 7.08. The number of rotatable bonds is 4. The van der Waals surface area contributed by atoms with Gasteiger partial charge in [0.25, 0.3) is 5.91 Å². The van der Waals surface area contributed by atoms with Gasteiger partial charge in [0.15, 0.2) is 5.82 Å².